The maximum Gasteiger partial charge on any atom is 0.106 e. The number of allylic oxidation sites excluding steroid dienone is 1. The third kappa shape index (κ3) is 1.23. The molecule has 0 bridgehead atoms. The number of nitriles is 1. The van der Waals surface area contributed by atoms with Crippen LogP contribution in [0.2, 0.25) is 0 Å². The Balaban J connectivity index is 2.80. The smallest absolute Gasteiger partial charge is 0.106 e. The van der Waals surface area contributed by atoms with E-state index < -0.39 is 0 Å². The summed E-state index contributed by atoms with van der Waals surface area (Å²) in [5.74, 6) is 0. The Morgan fingerprint density at radius 1 is 2.00 bits per heavy atom. The second kappa shape index (κ2) is 2.83. The summed E-state index contributed by atoms with van der Waals surface area (Å²) in [5, 5.41) is 12.2. The van der Waals surface area contributed by atoms with Crippen molar-refractivity contribution in [3.8, 4) is 6.07 Å². The molecule has 1 heterocycles. The molecule has 0 aliphatic heterocycles. The molecule has 1 rings (SSSR count). The fraction of sp³-hybridized carbons (Fsp3) is 0.143. The highest BCUT2D eigenvalue weighted by Crippen LogP contribution is 1.92. The summed E-state index contributed by atoms with van der Waals surface area (Å²) >= 11 is 0. The van der Waals surface area contributed by atoms with Crippen molar-refractivity contribution in [3.05, 3.63) is 30.6 Å². The largest absolute Gasteiger partial charge is 0.258 e. The monoisotopic (exact) mass is 132 g/mol. The van der Waals surface area contributed by atoms with Crippen LogP contribution < -0.4 is 0 Å². The summed E-state index contributed by atoms with van der Waals surface area (Å²) in [6, 6.07) is 1.93. The Kier molecular flexibility index (Phi) is 1.86. The van der Waals surface area contributed by atoms with Crippen molar-refractivity contribution in [1.82, 2.24) is 9.78 Å². The zero-order valence-corrected chi connectivity index (χ0v) is 5.41. The van der Waals surface area contributed by atoms with Gasteiger partial charge >= 0.3 is 0 Å². The van der Waals surface area contributed by atoms with Gasteiger partial charge in [-0.1, -0.05) is 6.08 Å². The fourth-order valence-electron chi connectivity index (χ4n) is 0.593. The first-order valence-electron chi connectivity index (χ1n) is 2.83. The lowest BCUT2D eigenvalue weighted by atomic mass is 10.4. The minimum atomic E-state index is 0.460. The molecule has 0 N–H and O–H groups in total. The molecule has 0 spiro atoms. The maximum atomic E-state index is 8.36. The van der Waals surface area contributed by atoms with Gasteiger partial charge in [0, 0.05) is 0 Å². The summed E-state index contributed by atoms with van der Waals surface area (Å²) in [6.07, 6.45) is 5.91. The Hall–Kier alpha value is -1.56. The standard InChI is InChI=1S/C7H6N3/c1-2-3-10-6-7(4-8)5-9-10/h2,5H,1,3H2. The van der Waals surface area contributed by atoms with Crippen LogP contribution in [0.15, 0.2) is 18.9 Å². The third-order valence-corrected chi connectivity index (χ3v) is 0.998. The summed E-state index contributed by atoms with van der Waals surface area (Å²) in [6.45, 7) is 4.13. The number of hydrogen-bond donors (Lipinski definition) is 0. The second-order valence-corrected chi connectivity index (χ2v) is 1.75. The fourth-order valence-corrected chi connectivity index (χ4v) is 0.593. The van der Waals surface area contributed by atoms with E-state index in [-0.39, 0.29) is 0 Å². The molecule has 0 saturated heterocycles. The minimum absolute atomic E-state index is 0.460. The SMILES string of the molecule is C=CCn1[c]c(C#N)cn1. The molecule has 0 atom stereocenters. The Bertz CT molecular complexity index is 267. The Morgan fingerprint density at radius 2 is 2.80 bits per heavy atom. The maximum absolute atomic E-state index is 8.36. The second-order valence-electron chi connectivity index (χ2n) is 1.75. The molecule has 0 unspecified atom stereocenters. The first-order chi connectivity index (χ1) is 4.86. The van der Waals surface area contributed by atoms with Gasteiger partial charge in [-0.2, -0.15) is 10.4 Å². The van der Waals surface area contributed by atoms with Crippen molar-refractivity contribution in [1.29, 1.82) is 5.26 Å². The van der Waals surface area contributed by atoms with Crippen LogP contribution in [0.5, 0.6) is 0 Å². The molecule has 0 fully saturated rings. The quantitative estimate of drug-likeness (QED) is 0.557. The van der Waals surface area contributed by atoms with E-state index in [0.717, 1.165) is 0 Å². The third-order valence-electron chi connectivity index (χ3n) is 0.998. The predicted octanol–water partition coefficient (Wildman–Crippen LogP) is 0.741. The van der Waals surface area contributed by atoms with Gasteiger partial charge in [0.05, 0.1) is 18.3 Å². The van der Waals surface area contributed by atoms with E-state index in [4.69, 9.17) is 5.26 Å². The van der Waals surface area contributed by atoms with Gasteiger partial charge in [-0.25, -0.2) is 0 Å². The molecular weight excluding hydrogens is 126 g/mol. The van der Waals surface area contributed by atoms with Crippen LogP contribution in [-0.4, -0.2) is 9.78 Å². The number of hydrogen-bond acceptors (Lipinski definition) is 2. The average molecular weight is 132 g/mol. The molecule has 0 saturated carbocycles. The van der Waals surface area contributed by atoms with Crippen LogP contribution >= 0.6 is 0 Å². The number of nitrogens with zero attached hydrogens (tertiary/aromatic N) is 3. The summed E-state index contributed by atoms with van der Waals surface area (Å²) < 4.78 is 1.53. The highest BCUT2D eigenvalue weighted by atomic mass is 15.3. The van der Waals surface area contributed by atoms with Gasteiger partial charge in [0.2, 0.25) is 0 Å². The summed E-state index contributed by atoms with van der Waals surface area (Å²) in [7, 11) is 0. The van der Waals surface area contributed by atoms with E-state index in [2.05, 4.69) is 17.9 Å². The highest BCUT2D eigenvalue weighted by Gasteiger charge is 1.93. The molecule has 1 aromatic heterocycles. The molecule has 1 aromatic rings. The van der Waals surface area contributed by atoms with Crippen molar-refractivity contribution < 1.29 is 0 Å². The normalized spacial score (nSPS) is 8.70. The lowest BCUT2D eigenvalue weighted by Gasteiger charge is -1.88. The van der Waals surface area contributed by atoms with E-state index in [0.29, 0.717) is 12.1 Å². The zero-order valence-electron chi connectivity index (χ0n) is 5.41. The van der Waals surface area contributed by atoms with E-state index in [1.165, 1.54) is 10.9 Å². The average Bonchev–Trinajstić information content (AvgIpc) is 2.37. The highest BCUT2D eigenvalue weighted by molar-refractivity contribution is 5.20. The molecule has 1 radical (unpaired) electrons. The van der Waals surface area contributed by atoms with Crippen molar-refractivity contribution >= 4 is 0 Å². The van der Waals surface area contributed by atoms with Gasteiger partial charge < -0.3 is 0 Å². The first kappa shape index (κ1) is 6.56. The van der Waals surface area contributed by atoms with Crippen LogP contribution in [0.3, 0.4) is 0 Å². The number of rotatable bonds is 2. The molecule has 3 heteroatoms. The van der Waals surface area contributed by atoms with Crippen LogP contribution in [0.4, 0.5) is 0 Å². The van der Waals surface area contributed by atoms with Crippen molar-refractivity contribution in [2.45, 2.75) is 6.54 Å². The Labute approximate surface area is 59.2 Å². The molecule has 0 aliphatic rings. The van der Waals surface area contributed by atoms with Crippen LogP contribution in [-0.2, 0) is 6.54 Å². The molecule has 49 valence electrons. The van der Waals surface area contributed by atoms with Crippen LogP contribution in [0.25, 0.3) is 0 Å². The first-order valence-corrected chi connectivity index (χ1v) is 2.83. The summed E-state index contributed by atoms with van der Waals surface area (Å²) in [4.78, 5) is 0. The number of aromatic nitrogens is 2. The van der Waals surface area contributed by atoms with Crippen molar-refractivity contribution in [2.24, 2.45) is 0 Å². The molecule has 0 amide bonds. The molecule has 0 aliphatic carbocycles. The van der Waals surface area contributed by atoms with E-state index in [9.17, 15) is 0 Å². The topological polar surface area (TPSA) is 41.6 Å². The van der Waals surface area contributed by atoms with Gasteiger partial charge in [0.25, 0.3) is 0 Å². The van der Waals surface area contributed by atoms with Gasteiger partial charge in [0.1, 0.15) is 12.3 Å². The van der Waals surface area contributed by atoms with Gasteiger partial charge in [-0.15, -0.1) is 6.58 Å². The molecule has 0 aromatic carbocycles. The molecule has 3 nitrogen and oxygen atoms in total. The molecule has 10 heavy (non-hydrogen) atoms. The van der Waals surface area contributed by atoms with E-state index in [1.807, 2.05) is 6.07 Å². The lowest BCUT2D eigenvalue weighted by molar-refractivity contribution is 0.697. The van der Waals surface area contributed by atoms with Gasteiger partial charge in [-0.05, 0) is 0 Å². The van der Waals surface area contributed by atoms with Gasteiger partial charge in [-0.3, -0.25) is 4.68 Å². The van der Waals surface area contributed by atoms with Crippen molar-refractivity contribution in [3.63, 3.8) is 0 Å². The zero-order chi connectivity index (χ0) is 7.40. The predicted molar refractivity (Wildman–Crippen MR) is 36.0 cm³/mol. The van der Waals surface area contributed by atoms with Crippen molar-refractivity contribution in [2.75, 3.05) is 0 Å². The lowest BCUT2D eigenvalue weighted by Crippen LogP contribution is -1.93. The van der Waals surface area contributed by atoms with Crippen LogP contribution in [0.1, 0.15) is 5.56 Å². The van der Waals surface area contributed by atoms with E-state index in [1.54, 1.807) is 6.08 Å². The molecular formula is C7H6N3. The Morgan fingerprint density at radius 3 is 3.30 bits per heavy atom. The van der Waals surface area contributed by atoms with E-state index >= 15 is 0 Å². The van der Waals surface area contributed by atoms with Gasteiger partial charge in [0.15, 0.2) is 0 Å². The van der Waals surface area contributed by atoms with Crippen LogP contribution in [0, 0.1) is 17.5 Å². The minimum Gasteiger partial charge on any atom is -0.258 e. The summed E-state index contributed by atoms with van der Waals surface area (Å²) in [5.41, 5.74) is 0.460.